The molecule has 0 saturated carbocycles. The molecule has 0 aliphatic carbocycles. The molecule has 138 valence electrons. The molecule has 0 radical (unpaired) electrons. The van der Waals surface area contributed by atoms with Gasteiger partial charge in [0.2, 0.25) is 0 Å². The lowest BCUT2D eigenvalue weighted by atomic mass is 10.1. The number of anilines is 1. The smallest absolute Gasteiger partial charge is 0.262 e. The number of hydrogen-bond acceptors (Lipinski definition) is 4. The lowest BCUT2D eigenvalue weighted by Gasteiger charge is -2.14. The van der Waals surface area contributed by atoms with Crippen molar-refractivity contribution in [2.75, 3.05) is 11.3 Å². The van der Waals surface area contributed by atoms with Crippen molar-refractivity contribution in [3.63, 3.8) is 0 Å². The van der Waals surface area contributed by atoms with E-state index in [4.69, 9.17) is 4.74 Å². The van der Waals surface area contributed by atoms with Crippen molar-refractivity contribution in [3.8, 4) is 5.75 Å². The van der Waals surface area contributed by atoms with Gasteiger partial charge in [0.25, 0.3) is 10.0 Å². The van der Waals surface area contributed by atoms with Gasteiger partial charge in [0.15, 0.2) is 0 Å². The van der Waals surface area contributed by atoms with Gasteiger partial charge in [-0.15, -0.1) is 0 Å². The van der Waals surface area contributed by atoms with Crippen molar-refractivity contribution in [2.24, 2.45) is 0 Å². The fourth-order valence-corrected chi connectivity index (χ4v) is 4.29. The van der Waals surface area contributed by atoms with Crippen LogP contribution in [0.3, 0.4) is 0 Å². The molecule has 4 rings (SSSR count). The summed E-state index contributed by atoms with van der Waals surface area (Å²) in [5, 5.41) is 9.12. The third-order valence-corrected chi connectivity index (χ3v) is 5.73. The SMILES string of the molecule is CCCOc1ccc(S(=O)(=O)Nc2ccc3cn[nH]c3c2)c2ccccc12. The highest BCUT2D eigenvalue weighted by Crippen LogP contribution is 2.32. The minimum atomic E-state index is -3.77. The van der Waals surface area contributed by atoms with Gasteiger partial charge in [0.1, 0.15) is 5.75 Å². The first-order valence-corrected chi connectivity index (χ1v) is 10.2. The van der Waals surface area contributed by atoms with Crippen LogP contribution in [0.5, 0.6) is 5.75 Å². The van der Waals surface area contributed by atoms with Gasteiger partial charge in [-0.25, -0.2) is 8.42 Å². The Balaban J connectivity index is 1.75. The first kappa shape index (κ1) is 17.4. The van der Waals surface area contributed by atoms with Crippen LogP contribution in [0.4, 0.5) is 5.69 Å². The fourth-order valence-electron chi connectivity index (χ4n) is 3.03. The molecular weight excluding hydrogens is 362 g/mol. The summed E-state index contributed by atoms with van der Waals surface area (Å²) in [5.74, 6) is 0.685. The van der Waals surface area contributed by atoms with Crippen LogP contribution in [0.25, 0.3) is 21.7 Å². The van der Waals surface area contributed by atoms with Gasteiger partial charge in [-0.2, -0.15) is 5.10 Å². The summed E-state index contributed by atoms with van der Waals surface area (Å²) in [4.78, 5) is 0.214. The Morgan fingerprint density at radius 3 is 2.70 bits per heavy atom. The molecule has 4 aromatic rings. The molecule has 0 bridgehead atoms. The summed E-state index contributed by atoms with van der Waals surface area (Å²) in [5.41, 5.74) is 1.24. The molecule has 1 aromatic heterocycles. The molecule has 27 heavy (non-hydrogen) atoms. The van der Waals surface area contributed by atoms with Gasteiger partial charge in [-0.05, 0) is 36.8 Å². The normalized spacial score (nSPS) is 11.7. The number of ether oxygens (including phenoxy) is 1. The molecule has 0 aliphatic heterocycles. The first-order chi connectivity index (χ1) is 13.1. The van der Waals surface area contributed by atoms with Crippen LogP contribution in [0, 0.1) is 0 Å². The molecule has 0 amide bonds. The van der Waals surface area contributed by atoms with Crippen LogP contribution in [0.1, 0.15) is 13.3 Å². The van der Waals surface area contributed by atoms with Crippen LogP contribution in [-0.4, -0.2) is 25.2 Å². The van der Waals surface area contributed by atoms with E-state index >= 15 is 0 Å². The maximum atomic E-state index is 13.0. The highest BCUT2D eigenvalue weighted by molar-refractivity contribution is 7.93. The molecule has 0 spiro atoms. The van der Waals surface area contributed by atoms with Crippen molar-refractivity contribution < 1.29 is 13.2 Å². The average Bonchev–Trinajstić information content (AvgIpc) is 3.13. The number of H-pyrrole nitrogens is 1. The Labute approximate surface area is 157 Å². The van der Waals surface area contributed by atoms with Crippen LogP contribution in [0.15, 0.2) is 65.7 Å². The second-order valence-corrected chi connectivity index (χ2v) is 7.88. The number of benzene rings is 3. The van der Waals surface area contributed by atoms with Crippen molar-refractivity contribution in [1.82, 2.24) is 10.2 Å². The van der Waals surface area contributed by atoms with Gasteiger partial charge in [0.05, 0.1) is 28.9 Å². The molecule has 0 unspecified atom stereocenters. The topological polar surface area (TPSA) is 84.1 Å². The standard InChI is InChI=1S/C20H19N3O3S/c1-2-11-26-19-9-10-20(17-6-4-3-5-16(17)19)27(24,25)23-15-8-7-14-13-21-22-18(14)12-15/h3-10,12-13,23H,2,11H2,1H3,(H,21,22). The van der Waals surface area contributed by atoms with Crippen molar-refractivity contribution in [3.05, 3.63) is 60.8 Å². The Kier molecular flexibility index (Phi) is 4.45. The maximum Gasteiger partial charge on any atom is 0.262 e. The minimum absolute atomic E-state index is 0.214. The lowest BCUT2D eigenvalue weighted by Crippen LogP contribution is -2.13. The molecule has 2 N–H and O–H groups in total. The summed E-state index contributed by atoms with van der Waals surface area (Å²) < 4.78 is 34.5. The van der Waals surface area contributed by atoms with E-state index < -0.39 is 10.0 Å². The van der Waals surface area contributed by atoms with Crippen molar-refractivity contribution >= 4 is 37.4 Å². The summed E-state index contributed by atoms with van der Waals surface area (Å²) in [6, 6.07) is 15.9. The Morgan fingerprint density at radius 2 is 1.89 bits per heavy atom. The number of nitrogens with one attached hydrogen (secondary N) is 2. The number of rotatable bonds is 6. The number of sulfonamides is 1. The molecule has 0 saturated heterocycles. The molecule has 0 fully saturated rings. The molecular formula is C20H19N3O3S. The quantitative estimate of drug-likeness (QED) is 0.521. The predicted octanol–water partition coefficient (Wildman–Crippen LogP) is 4.31. The number of hydrogen-bond donors (Lipinski definition) is 2. The Bertz CT molecular complexity index is 1220. The second-order valence-electron chi connectivity index (χ2n) is 6.23. The second kappa shape index (κ2) is 6.92. The zero-order valence-electron chi connectivity index (χ0n) is 14.8. The first-order valence-electron chi connectivity index (χ1n) is 8.69. The van der Waals surface area contributed by atoms with Gasteiger partial charge < -0.3 is 4.74 Å². The molecule has 3 aromatic carbocycles. The lowest BCUT2D eigenvalue weighted by molar-refractivity contribution is 0.321. The van der Waals surface area contributed by atoms with Gasteiger partial charge in [-0.1, -0.05) is 31.2 Å². The van der Waals surface area contributed by atoms with Crippen LogP contribution in [0.2, 0.25) is 0 Å². The largest absolute Gasteiger partial charge is 0.493 e. The summed E-state index contributed by atoms with van der Waals surface area (Å²) >= 11 is 0. The highest BCUT2D eigenvalue weighted by Gasteiger charge is 2.19. The summed E-state index contributed by atoms with van der Waals surface area (Å²) in [6.45, 7) is 2.61. The zero-order chi connectivity index (χ0) is 18.9. The summed E-state index contributed by atoms with van der Waals surface area (Å²) in [7, 11) is -3.77. The Hall–Kier alpha value is -3.06. The molecule has 7 heteroatoms. The zero-order valence-corrected chi connectivity index (χ0v) is 15.6. The molecule has 6 nitrogen and oxygen atoms in total. The third-order valence-electron chi connectivity index (χ3n) is 4.29. The van der Waals surface area contributed by atoms with Crippen LogP contribution < -0.4 is 9.46 Å². The van der Waals surface area contributed by atoms with Crippen molar-refractivity contribution in [1.29, 1.82) is 0 Å². The van der Waals surface area contributed by atoms with E-state index in [2.05, 4.69) is 14.9 Å². The number of fused-ring (bicyclic) bond motifs is 2. The highest BCUT2D eigenvalue weighted by atomic mass is 32.2. The number of aromatic amines is 1. The van der Waals surface area contributed by atoms with E-state index in [0.717, 1.165) is 22.7 Å². The Morgan fingerprint density at radius 1 is 1.07 bits per heavy atom. The van der Waals surface area contributed by atoms with Gasteiger partial charge >= 0.3 is 0 Å². The van der Waals surface area contributed by atoms with Gasteiger partial charge in [-0.3, -0.25) is 9.82 Å². The molecule has 0 aliphatic rings. The van der Waals surface area contributed by atoms with Crippen LogP contribution >= 0.6 is 0 Å². The molecule has 0 atom stereocenters. The minimum Gasteiger partial charge on any atom is -0.493 e. The monoisotopic (exact) mass is 381 g/mol. The fraction of sp³-hybridized carbons (Fsp3) is 0.150. The third kappa shape index (κ3) is 3.33. The average molecular weight is 381 g/mol. The van der Waals surface area contributed by atoms with Crippen LogP contribution in [-0.2, 0) is 10.0 Å². The maximum absolute atomic E-state index is 13.0. The van der Waals surface area contributed by atoms with Gasteiger partial charge in [0, 0.05) is 16.2 Å². The number of aromatic nitrogens is 2. The van der Waals surface area contributed by atoms with E-state index in [-0.39, 0.29) is 4.90 Å². The van der Waals surface area contributed by atoms with E-state index in [1.165, 1.54) is 0 Å². The van der Waals surface area contributed by atoms with E-state index in [1.807, 2.05) is 31.2 Å². The molecule has 1 heterocycles. The summed E-state index contributed by atoms with van der Waals surface area (Å²) in [6.07, 6.45) is 2.57. The van der Waals surface area contributed by atoms with E-state index in [0.29, 0.717) is 23.4 Å². The number of nitrogens with zero attached hydrogens (tertiary/aromatic N) is 1. The predicted molar refractivity (Wildman–Crippen MR) is 107 cm³/mol. The van der Waals surface area contributed by atoms with E-state index in [1.54, 1.807) is 36.5 Å². The van der Waals surface area contributed by atoms with Crippen molar-refractivity contribution in [2.45, 2.75) is 18.2 Å². The van der Waals surface area contributed by atoms with E-state index in [9.17, 15) is 8.42 Å².